The number of rotatable bonds is 4. The van der Waals surface area contributed by atoms with E-state index in [1.807, 2.05) is 24.3 Å². The summed E-state index contributed by atoms with van der Waals surface area (Å²) in [5, 5.41) is 3.21. The number of carbonyl (C=O) groups is 1. The number of hydrogen-bond acceptors (Lipinski definition) is 4. The van der Waals surface area contributed by atoms with Crippen LogP contribution in [0.1, 0.15) is 10.4 Å². The van der Waals surface area contributed by atoms with Crippen LogP contribution in [0.25, 0.3) is 0 Å². The van der Waals surface area contributed by atoms with E-state index in [-0.39, 0.29) is 5.91 Å². The average molecular weight is 285 g/mol. The smallest absolute Gasteiger partial charge is 0.253 e. The number of nitrogen functional groups attached to an aromatic ring is 1. The summed E-state index contributed by atoms with van der Waals surface area (Å²) in [5.41, 5.74) is 8.76. The molecule has 3 N–H and O–H groups in total. The molecule has 0 bridgehead atoms. The molecule has 0 aromatic heterocycles. The number of carbonyl (C=O) groups excluding carboxylic acids is 1. The van der Waals surface area contributed by atoms with Crippen molar-refractivity contribution in [2.75, 3.05) is 32.3 Å². The summed E-state index contributed by atoms with van der Waals surface area (Å²) in [6, 6.07) is 12.8. The Bertz CT molecular complexity index is 636. The SMILES string of the molecule is COc1ccc(Nc2ccc(C(=O)N(C)C)cc2N)cc1. The Morgan fingerprint density at radius 2 is 1.81 bits per heavy atom. The lowest BCUT2D eigenvalue weighted by atomic mass is 10.1. The fourth-order valence-corrected chi connectivity index (χ4v) is 1.90. The average Bonchev–Trinajstić information content (AvgIpc) is 2.49. The number of hydrogen-bond donors (Lipinski definition) is 2. The van der Waals surface area contributed by atoms with Gasteiger partial charge in [0.2, 0.25) is 0 Å². The van der Waals surface area contributed by atoms with Gasteiger partial charge in [0.25, 0.3) is 5.91 Å². The normalized spacial score (nSPS) is 10.0. The van der Waals surface area contributed by atoms with Gasteiger partial charge in [-0.3, -0.25) is 4.79 Å². The number of nitrogens with zero attached hydrogens (tertiary/aromatic N) is 1. The highest BCUT2D eigenvalue weighted by Crippen LogP contribution is 2.25. The van der Waals surface area contributed by atoms with Crippen LogP contribution < -0.4 is 15.8 Å². The highest BCUT2D eigenvalue weighted by Gasteiger charge is 2.10. The van der Waals surface area contributed by atoms with Gasteiger partial charge in [-0.2, -0.15) is 0 Å². The molecule has 0 atom stereocenters. The Labute approximate surface area is 124 Å². The van der Waals surface area contributed by atoms with Gasteiger partial charge in [0, 0.05) is 25.3 Å². The molecule has 5 heteroatoms. The zero-order valence-corrected chi connectivity index (χ0v) is 12.4. The molecule has 110 valence electrons. The Kier molecular flexibility index (Phi) is 4.33. The lowest BCUT2D eigenvalue weighted by Crippen LogP contribution is -2.21. The van der Waals surface area contributed by atoms with Gasteiger partial charge in [-0.05, 0) is 42.5 Å². The van der Waals surface area contributed by atoms with Crippen molar-refractivity contribution in [1.82, 2.24) is 4.90 Å². The first-order chi connectivity index (χ1) is 10.0. The fourth-order valence-electron chi connectivity index (χ4n) is 1.90. The Balaban J connectivity index is 2.19. The first-order valence-electron chi connectivity index (χ1n) is 6.53. The molecule has 21 heavy (non-hydrogen) atoms. The first kappa shape index (κ1) is 14.7. The predicted octanol–water partition coefficient (Wildman–Crippen LogP) is 2.72. The second-order valence-electron chi connectivity index (χ2n) is 4.86. The summed E-state index contributed by atoms with van der Waals surface area (Å²) < 4.78 is 5.11. The number of anilines is 3. The lowest BCUT2D eigenvalue weighted by molar-refractivity contribution is 0.0827. The number of benzene rings is 2. The van der Waals surface area contributed by atoms with E-state index in [1.54, 1.807) is 39.4 Å². The van der Waals surface area contributed by atoms with Crippen molar-refractivity contribution in [3.63, 3.8) is 0 Å². The standard InChI is InChI=1S/C16H19N3O2/c1-19(2)16(20)11-4-9-15(14(17)10-11)18-12-5-7-13(21-3)8-6-12/h4-10,18H,17H2,1-3H3. The molecule has 5 nitrogen and oxygen atoms in total. The van der Waals surface area contributed by atoms with Gasteiger partial charge in [0.05, 0.1) is 18.5 Å². The molecule has 1 amide bonds. The van der Waals surface area contributed by atoms with Crippen LogP contribution in [0.4, 0.5) is 17.1 Å². The van der Waals surface area contributed by atoms with Crippen molar-refractivity contribution in [1.29, 1.82) is 0 Å². The monoisotopic (exact) mass is 285 g/mol. The lowest BCUT2D eigenvalue weighted by Gasteiger charge is -2.13. The quantitative estimate of drug-likeness (QED) is 0.848. The van der Waals surface area contributed by atoms with E-state index in [2.05, 4.69) is 5.32 Å². The van der Waals surface area contributed by atoms with Crippen LogP contribution in [0.2, 0.25) is 0 Å². The minimum Gasteiger partial charge on any atom is -0.497 e. The zero-order valence-electron chi connectivity index (χ0n) is 12.4. The number of methoxy groups -OCH3 is 1. The maximum absolute atomic E-state index is 11.9. The highest BCUT2D eigenvalue weighted by atomic mass is 16.5. The molecular weight excluding hydrogens is 266 g/mol. The predicted molar refractivity (Wildman–Crippen MR) is 85.1 cm³/mol. The van der Waals surface area contributed by atoms with Crippen molar-refractivity contribution in [2.24, 2.45) is 0 Å². The highest BCUT2D eigenvalue weighted by molar-refractivity contribution is 5.96. The van der Waals surface area contributed by atoms with E-state index in [1.165, 1.54) is 4.90 Å². The van der Waals surface area contributed by atoms with Crippen molar-refractivity contribution >= 4 is 23.0 Å². The minimum atomic E-state index is -0.0716. The van der Waals surface area contributed by atoms with Crippen LogP contribution in [0.5, 0.6) is 5.75 Å². The Morgan fingerprint density at radius 1 is 1.14 bits per heavy atom. The summed E-state index contributed by atoms with van der Waals surface area (Å²) in [5.74, 6) is 0.721. The summed E-state index contributed by atoms with van der Waals surface area (Å²) in [6.07, 6.45) is 0. The van der Waals surface area contributed by atoms with Crippen LogP contribution in [0, 0.1) is 0 Å². The fraction of sp³-hybridized carbons (Fsp3) is 0.188. The Hall–Kier alpha value is -2.69. The molecule has 2 rings (SSSR count). The van der Waals surface area contributed by atoms with Crippen molar-refractivity contribution in [3.05, 3.63) is 48.0 Å². The third-order valence-electron chi connectivity index (χ3n) is 3.07. The van der Waals surface area contributed by atoms with Crippen LogP contribution in [-0.4, -0.2) is 32.0 Å². The summed E-state index contributed by atoms with van der Waals surface area (Å²) in [7, 11) is 5.05. The molecular formula is C16H19N3O2. The largest absolute Gasteiger partial charge is 0.497 e. The third-order valence-corrected chi connectivity index (χ3v) is 3.07. The second-order valence-corrected chi connectivity index (χ2v) is 4.86. The van der Waals surface area contributed by atoms with Gasteiger partial charge in [0.15, 0.2) is 0 Å². The van der Waals surface area contributed by atoms with Crippen molar-refractivity contribution < 1.29 is 9.53 Å². The molecule has 0 unspecified atom stereocenters. The number of nitrogens with one attached hydrogen (secondary N) is 1. The van der Waals surface area contributed by atoms with Gasteiger partial charge in [-0.1, -0.05) is 0 Å². The van der Waals surface area contributed by atoms with E-state index >= 15 is 0 Å². The maximum atomic E-state index is 11.9. The number of nitrogens with two attached hydrogens (primary N) is 1. The first-order valence-corrected chi connectivity index (χ1v) is 6.53. The van der Waals surface area contributed by atoms with E-state index in [4.69, 9.17) is 10.5 Å². The summed E-state index contributed by atoms with van der Waals surface area (Å²) in [6.45, 7) is 0. The Morgan fingerprint density at radius 3 is 2.33 bits per heavy atom. The van der Waals surface area contributed by atoms with Gasteiger partial charge < -0.3 is 20.7 Å². The van der Waals surface area contributed by atoms with Gasteiger partial charge in [-0.25, -0.2) is 0 Å². The molecule has 2 aromatic rings. The van der Waals surface area contributed by atoms with E-state index in [0.29, 0.717) is 11.3 Å². The van der Waals surface area contributed by atoms with Gasteiger partial charge in [0.1, 0.15) is 5.75 Å². The molecule has 0 aliphatic heterocycles. The second kappa shape index (κ2) is 6.17. The summed E-state index contributed by atoms with van der Waals surface area (Å²) >= 11 is 0. The number of ether oxygens (including phenoxy) is 1. The molecule has 0 saturated heterocycles. The topological polar surface area (TPSA) is 67.6 Å². The zero-order chi connectivity index (χ0) is 15.4. The van der Waals surface area contributed by atoms with Crippen molar-refractivity contribution in [2.45, 2.75) is 0 Å². The van der Waals surface area contributed by atoms with Crippen LogP contribution >= 0.6 is 0 Å². The van der Waals surface area contributed by atoms with E-state index in [0.717, 1.165) is 17.1 Å². The molecule has 0 saturated carbocycles. The van der Waals surface area contributed by atoms with Gasteiger partial charge in [-0.15, -0.1) is 0 Å². The van der Waals surface area contributed by atoms with Crippen LogP contribution in [0.3, 0.4) is 0 Å². The van der Waals surface area contributed by atoms with Crippen LogP contribution in [0.15, 0.2) is 42.5 Å². The number of amides is 1. The molecule has 2 aromatic carbocycles. The third kappa shape index (κ3) is 3.45. The van der Waals surface area contributed by atoms with Crippen molar-refractivity contribution in [3.8, 4) is 5.75 Å². The summed E-state index contributed by atoms with van der Waals surface area (Å²) in [4.78, 5) is 13.4. The maximum Gasteiger partial charge on any atom is 0.253 e. The molecule has 0 heterocycles. The molecule has 0 spiro atoms. The molecule has 0 aliphatic carbocycles. The van der Waals surface area contributed by atoms with Crippen LogP contribution in [-0.2, 0) is 0 Å². The van der Waals surface area contributed by atoms with Gasteiger partial charge >= 0.3 is 0 Å². The molecule has 0 fully saturated rings. The van der Waals surface area contributed by atoms with E-state index in [9.17, 15) is 4.79 Å². The molecule has 0 aliphatic rings. The van der Waals surface area contributed by atoms with E-state index < -0.39 is 0 Å². The minimum absolute atomic E-state index is 0.0716. The molecule has 0 radical (unpaired) electrons.